The van der Waals surface area contributed by atoms with Crippen molar-refractivity contribution < 1.29 is 22.7 Å². The molecule has 1 atom stereocenters. The fourth-order valence-electron chi connectivity index (χ4n) is 2.65. The van der Waals surface area contributed by atoms with Crippen molar-refractivity contribution in [2.75, 3.05) is 38.4 Å². The normalized spacial score (nSPS) is 19.5. The summed E-state index contributed by atoms with van der Waals surface area (Å²) in [5, 5.41) is 0. The molecule has 1 saturated heterocycles. The summed E-state index contributed by atoms with van der Waals surface area (Å²) in [4.78, 5) is 14.0. The van der Waals surface area contributed by atoms with Crippen LogP contribution in [-0.4, -0.2) is 63.6 Å². The van der Waals surface area contributed by atoms with Gasteiger partial charge in [-0.2, -0.15) is 0 Å². The van der Waals surface area contributed by atoms with E-state index < -0.39 is 9.84 Å². The van der Waals surface area contributed by atoms with Gasteiger partial charge in [-0.25, -0.2) is 8.42 Å². The third kappa shape index (κ3) is 5.21. The molecule has 1 fully saturated rings. The first-order valence-corrected chi connectivity index (χ1v) is 9.42. The van der Waals surface area contributed by atoms with Crippen LogP contribution >= 0.6 is 0 Å². The van der Waals surface area contributed by atoms with Crippen LogP contribution in [0.2, 0.25) is 0 Å². The average molecular weight is 341 g/mol. The number of nitrogens with zero attached hydrogens (tertiary/aromatic N) is 1. The molecular formula is C16H23NO5S. The van der Waals surface area contributed by atoms with Gasteiger partial charge in [-0.05, 0) is 31.0 Å². The molecule has 0 aromatic heterocycles. The molecule has 6 nitrogen and oxygen atoms in total. The Hall–Kier alpha value is -1.60. The maximum absolute atomic E-state index is 12.5. The van der Waals surface area contributed by atoms with Crippen LogP contribution in [0.25, 0.3) is 0 Å². The van der Waals surface area contributed by atoms with Gasteiger partial charge in [0.1, 0.15) is 5.75 Å². The van der Waals surface area contributed by atoms with Gasteiger partial charge in [-0.15, -0.1) is 0 Å². The van der Waals surface area contributed by atoms with E-state index in [1.165, 1.54) is 0 Å². The van der Waals surface area contributed by atoms with Gasteiger partial charge in [-0.3, -0.25) is 4.79 Å². The second-order valence-corrected chi connectivity index (χ2v) is 7.97. The summed E-state index contributed by atoms with van der Waals surface area (Å²) in [6, 6.07) is 7.17. The largest absolute Gasteiger partial charge is 0.484 e. The lowest BCUT2D eigenvalue weighted by Gasteiger charge is -2.28. The van der Waals surface area contributed by atoms with Crippen molar-refractivity contribution in [3.8, 4) is 5.75 Å². The van der Waals surface area contributed by atoms with Gasteiger partial charge in [0.15, 0.2) is 16.4 Å². The third-order valence-electron chi connectivity index (χ3n) is 3.86. The quantitative estimate of drug-likeness (QED) is 0.741. The molecule has 0 radical (unpaired) electrons. The molecule has 0 bridgehead atoms. The highest BCUT2D eigenvalue weighted by molar-refractivity contribution is 7.91. The SMILES string of the molecule is COCCN(C(=O)COc1cccc(C)c1)[C@H]1CCS(=O)(=O)C1. The van der Waals surface area contributed by atoms with E-state index in [-0.39, 0.29) is 30.1 Å². The van der Waals surface area contributed by atoms with E-state index >= 15 is 0 Å². The van der Waals surface area contributed by atoms with Crippen LogP contribution < -0.4 is 4.74 Å². The molecule has 7 heteroatoms. The Bertz CT molecular complexity index is 644. The highest BCUT2D eigenvalue weighted by atomic mass is 32.2. The number of hydrogen-bond acceptors (Lipinski definition) is 5. The zero-order valence-electron chi connectivity index (χ0n) is 13.5. The standard InChI is InChI=1S/C16H23NO5S/c1-13-4-3-5-15(10-13)22-11-16(18)17(7-8-21-2)14-6-9-23(19,20)12-14/h3-5,10,14H,6-9,11-12H2,1-2H3/t14-/m0/s1. The maximum Gasteiger partial charge on any atom is 0.260 e. The zero-order chi connectivity index (χ0) is 16.9. The summed E-state index contributed by atoms with van der Waals surface area (Å²) >= 11 is 0. The Morgan fingerprint density at radius 3 is 2.78 bits per heavy atom. The number of ether oxygens (including phenoxy) is 2. The molecule has 1 aromatic rings. The maximum atomic E-state index is 12.5. The van der Waals surface area contributed by atoms with Crippen molar-refractivity contribution in [3.05, 3.63) is 29.8 Å². The monoisotopic (exact) mass is 341 g/mol. The van der Waals surface area contributed by atoms with Crippen LogP contribution in [0.3, 0.4) is 0 Å². The predicted molar refractivity (Wildman–Crippen MR) is 87.3 cm³/mol. The first kappa shape index (κ1) is 17.7. The predicted octanol–water partition coefficient (Wildman–Crippen LogP) is 1.04. The lowest BCUT2D eigenvalue weighted by molar-refractivity contribution is -0.136. The van der Waals surface area contributed by atoms with E-state index in [9.17, 15) is 13.2 Å². The van der Waals surface area contributed by atoms with Crippen molar-refractivity contribution >= 4 is 15.7 Å². The Kier molecular flexibility index (Phi) is 6.01. The van der Waals surface area contributed by atoms with E-state index in [1.807, 2.05) is 25.1 Å². The Morgan fingerprint density at radius 2 is 2.17 bits per heavy atom. The fraction of sp³-hybridized carbons (Fsp3) is 0.562. The zero-order valence-corrected chi connectivity index (χ0v) is 14.3. The van der Waals surface area contributed by atoms with Crippen molar-refractivity contribution in [3.63, 3.8) is 0 Å². The fourth-order valence-corrected chi connectivity index (χ4v) is 4.39. The van der Waals surface area contributed by atoms with E-state index in [1.54, 1.807) is 18.1 Å². The second kappa shape index (κ2) is 7.79. The Labute approximate surface area is 137 Å². The minimum Gasteiger partial charge on any atom is -0.484 e. The molecule has 1 aliphatic heterocycles. The molecule has 23 heavy (non-hydrogen) atoms. The van der Waals surface area contributed by atoms with Crippen LogP contribution in [0.4, 0.5) is 0 Å². The second-order valence-electron chi connectivity index (χ2n) is 5.74. The Balaban J connectivity index is 1.99. The van der Waals surface area contributed by atoms with Gasteiger partial charge in [0.2, 0.25) is 0 Å². The molecular weight excluding hydrogens is 318 g/mol. The molecule has 0 aliphatic carbocycles. The summed E-state index contributed by atoms with van der Waals surface area (Å²) in [5.74, 6) is 0.565. The highest BCUT2D eigenvalue weighted by Crippen LogP contribution is 2.18. The molecule has 1 heterocycles. The topological polar surface area (TPSA) is 72.9 Å². The van der Waals surface area contributed by atoms with Crippen molar-refractivity contribution in [2.24, 2.45) is 0 Å². The van der Waals surface area contributed by atoms with Gasteiger partial charge in [0.25, 0.3) is 5.91 Å². The first-order valence-electron chi connectivity index (χ1n) is 7.59. The molecule has 0 N–H and O–H groups in total. The number of rotatable bonds is 7. The molecule has 2 rings (SSSR count). The lowest BCUT2D eigenvalue weighted by atomic mass is 10.2. The molecule has 128 valence electrons. The number of benzene rings is 1. The van der Waals surface area contributed by atoms with Crippen LogP contribution in [0.1, 0.15) is 12.0 Å². The van der Waals surface area contributed by atoms with Gasteiger partial charge in [0.05, 0.1) is 18.1 Å². The Morgan fingerprint density at radius 1 is 1.39 bits per heavy atom. The number of methoxy groups -OCH3 is 1. The molecule has 0 unspecified atom stereocenters. The number of amides is 1. The summed E-state index contributed by atoms with van der Waals surface area (Å²) < 4.78 is 33.9. The molecule has 1 aromatic carbocycles. The summed E-state index contributed by atoms with van der Waals surface area (Å²) in [6.07, 6.45) is 0.474. The van der Waals surface area contributed by atoms with Crippen LogP contribution in [0, 0.1) is 6.92 Å². The van der Waals surface area contributed by atoms with Crippen LogP contribution in [0.5, 0.6) is 5.75 Å². The number of hydrogen-bond donors (Lipinski definition) is 0. The molecule has 0 saturated carbocycles. The number of carbonyl (C=O) groups is 1. The third-order valence-corrected chi connectivity index (χ3v) is 5.61. The first-order chi connectivity index (χ1) is 10.9. The number of sulfone groups is 1. The van der Waals surface area contributed by atoms with Gasteiger partial charge in [0, 0.05) is 19.7 Å². The summed E-state index contributed by atoms with van der Waals surface area (Å²) in [6.45, 7) is 2.58. The van der Waals surface area contributed by atoms with Crippen molar-refractivity contribution in [1.82, 2.24) is 4.90 Å². The van der Waals surface area contributed by atoms with E-state index in [2.05, 4.69) is 0 Å². The molecule has 0 spiro atoms. The van der Waals surface area contributed by atoms with Gasteiger partial charge >= 0.3 is 0 Å². The lowest BCUT2D eigenvalue weighted by Crippen LogP contribution is -2.45. The van der Waals surface area contributed by atoms with Crippen LogP contribution in [-0.2, 0) is 19.4 Å². The minimum atomic E-state index is -3.05. The summed E-state index contributed by atoms with van der Waals surface area (Å²) in [5.41, 5.74) is 1.05. The number of aryl methyl sites for hydroxylation is 1. The van der Waals surface area contributed by atoms with E-state index in [0.717, 1.165) is 5.56 Å². The smallest absolute Gasteiger partial charge is 0.260 e. The van der Waals surface area contributed by atoms with Gasteiger partial charge in [-0.1, -0.05) is 12.1 Å². The summed E-state index contributed by atoms with van der Waals surface area (Å²) in [7, 11) is -1.49. The van der Waals surface area contributed by atoms with E-state index in [4.69, 9.17) is 9.47 Å². The average Bonchev–Trinajstić information content (AvgIpc) is 2.85. The van der Waals surface area contributed by atoms with E-state index in [0.29, 0.717) is 25.3 Å². The van der Waals surface area contributed by atoms with Crippen LogP contribution in [0.15, 0.2) is 24.3 Å². The minimum absolute atomic E-state index is 0.0207. The number of carbonyl (C=O) groups excluding carboxylic acids is 1. The van der Waals surface area contributed by atoms with Crippen molar-refractivity contribution in [1.29, 1.82) is 0 Å². The van der Waals surface area contributed by atoms with Crippen molar-refractivity contribution in [2.45, 2.75) is 19.4 Å². The highest BCUT2D eigenvalue weighted by Gasteiger charge is 2.34. The van der Waals surface area contributed by atoms with Gasteiger partial charge < -0.3 is 14.4 Å². The molecule has 1 aliphatic rings. The molecule has 1 amide bonds.